The molecule has 4 rings (SSSR count). The Morgan fingerprint density at radius 3 is 2.78 bits per heavy atom. The molecule has 2 aromatic carbocycles. The molecule has 3 heteroatoms. The largest absolute Gasteiger partial charge is 0.497 e. The lowest BCUT2D eigenvalue weighted by Gasteiger charge is -2.46. The normalized spacial score (nSPS) is 20.7. The number of nitrogens with zero attached hydrogens (tertiary/aromatic N) is 2. The van der Waals surface area contributed by atoms with Crippen LogP contribution in [0.2, 0.25) is 0 Å². The summed E-state index contributed by atoms with van der Waals surface area (Å²) in [6.07, 6.45) is 2.40. The first-order chi connectivity index (χ1) is 11.3. The predicted molar refractivity (Wildman–Crippen MR) is 94.2 cm³/mol. The third kappa shape index (κ3) is 2.93. The van der Waals surface area contributed by atoms with E-state index in [2.05, 4.69) is 58.3 Å². The van der Waals surface area contributed by atoms with Crippen molar-refractivity contribution in [2.24, 2.45) is 0 Å². The Morgan fingerprint density at radius 2 is 1.96 bits per heavy atom. The van der Waals surface area contributed by atoms with Crippen LogP contribution < -0.4 is 9.64 Å². The molecule has 2 aromatic rings. The van der Waals surface area contributed by atoms with Gasteiger partial charge in [0.15, 0.2) is 0 Å². The summed E-state index contributed by atoms with van der Waals surface area (Å²) >= 11 is 0. The van der Waals surface area contributed by atoms with Crippen molar-refractivity contribution in [1.82, 2.24) is 4.90 Å². The van der Waals surface area contributed by atoms with Crippen molar-refractivity contribution in [3.63, 3.8) is 0 Å². The van der Waals surface area contributed by atoms with E-state index in [9.17, 15) is 0 Å². The van der Waals surface area contributed by atoms with E-state index in [0.29, 0.717) is 6.04 Å². The van der Waals surface area contributed by atoms with Crippen molar-refractivity contribution in [2.45, 2.75) is 25.4 Å². The summed E-state index contributed by atoms with van der Waals surface area (Å²) < 4.78 is 5.37. The molecule has 0 saturated carbocycles. The minimum Gasteiger partial charge on any atom is -0.497 e. The lowest BCUT2D eigenvalue weighted by molar-refractivity contribution is 0.206. The van der Waals surface area contributed by atoms with Gasteiger partial charge in [-0.15, -0.1) is 0 Å². The van der Waals surface area contributed by atoms with Gasteiger partial charge >= 0.3 is 0 Å². The second-order valence-corrected chi connectivity index (χ2v) is 6.60. The van der Waals surface area contributed by atoms with Gasteiger partial charge in [0, 0.05) is 37.9 Å². The monoisotopic (exact) mass is 308 g/mol. The van der Waals surface area contributed by atoms with E-state index in [4.69, 9.17) is 4.74 Å². The summed E-state index contributed by atoms with van der Waals surface area (Å²) in [4.78, 5) is 5.21. The maximum Gasteiger partial charge on any atom is 0.119 e. The van der Waals surface area contributed by atoms with E-state index in [0.717, 1.165) is 31.8 Å². The molecule has 1 fully saturated rings. The second-order valence-electron chi connectivity index (χ2n) is 6.60. The molecule has 23 heavy (non-hydrogen) atoms. The van der Waals surface area contributed by atoms with Crippen molar-refractivity contribution >= 4 is 5.69 Å². The van der Waals surface area contributed by atoms with Crippen LogP contribution in [0.4, 0.5) is 5.69 Å². The molecule has 120 valence electrons. The van der Waals surface area contributed by atoms with Gasteiger partial charge in [0.1, 0.15) is 5.75 Å². The molecule has 0 amide bonds. The van der Waals surface area contributed by atoms with Crippen LogP contribution in [0.1, 0.15) is 17.5 Å². The molecular weight excluding hydrogens is 284 g/mol. The molecule has 1 atom stereocenters. The minimum atomic E-state index is 0.647. The topological polar surface area (TPSA) is 15.7 Å². The van der Waals surface area contributed by atoms with E-state index in [1.807, 2.05) is 0 Å². The van der Waals surface area contributed by atoms with Crippen LogP contribution >= 0.6 is 0 Å². The zero-order valence-corrected chi connectivity index (χ0v) is 13.7. The van der Waals surface area contributed by atoms with Crippen LogP contribution in [0.25, 0.3) is 0 Å². The number of anilines is 1. The van der Waals surface area contributed by atoms with Gasteiger partial charge in [0.25, 0.3) is 0 Å². The SMILES string of the molecule is COc1ccc2c(c1)CCC1CN(Cc3ccccc3)CCN21. The summed E-state index contributed by atoms with van der Waals surface area (Å²) in [5.74, 6) is 0.977. The Kier molecular flexibility index (Phi) is 3.96. The van der Waals surface area contributed by atoms with Crippen LogP contribution in [-0.2, 0) is 13.0 Å². The van der Waals surface area contributed by atoms with Gasteiger partial charge in [-0.1, -0.05) is 30.3 Å². The lowest BCUT2D eigenvalue weighted by atomic mass is 9.93. The summed E-state index contributed by atoms with van der Waals surface area (Å²) in [6.45, 7) is 4.49. The maximum atomic E-state index is 5.37. The van der Waals surface area contributed by atoms with E-state index < -0.39 is 0 Å². The molecule has 3 nitrogen and oxygen atoms in total. The molecule has 1 saturated heterocycles. The van der Waals surface area contributed by atoms with Crippen LogP contribution in [0.15, 0.2) is 48.5 Å². The van der Waals surface area contributed by atoms with Gasteiger partial charge in [-0.3, -0.25) is 4.90 Å². The number of hydrogen-bond donors (Lipinski definition) is 0. The fourth-order valence-corrected chi connectivity index (χ4v) is 3.96. The second kappa shape index (κ2) is 6.25. The van der Waals surface area contributed by atoms with Gasteiger partial charge in [0.2, 0.25) is 0 Å². The van der Waals surface area contributed by atoms with Crippen molar-refractivity contribution in [1.29, 1.82) is 0 Å². The summed E-state index contributed by atoms with van der Waals surface area (Å²) in [7, 11) is 1.75. The van der Waals surface area contributed by atoms with Gasteiger partial charge in [-0.05, 0) is 42.2 Å². The molecular formula is C20H24N2O. The highest BCUT2D eigenvalue weighted by Crippen LogP contribution is 2.35. The Balaban J connectivity index is 1.47. The smallest absolute Gasteiger partial charge is 0.119 e. The summed E-state index contributed by atoms with van der Waals surface area (Å²) in [5.41, 5.74) is 4.28. The van der Waals surface area contributed by atoms with E-state index in [1.165, 1.54) is 29.8 Å². The molecule has 2 aliphatic heterocycles. The first-order valence-electron chi connectivity index (χ1n) is 8.53. The Hall–Kier alpha value is -2.00. The molecule has 0 aliphatic carbocycles. The zero-order chi connectivity index (χ0) is 15.6. The van der Waals surface area contributed by atoms with Crippen molar-refractivity contribution in [3.8, 4) is 5.75 Å². The van der Waals surface area contributed by atoms with Crippen LogP contribution in [-0.4, -0.2) is 37.7 Å². The predicted octanol–water partition coefficient (Wildman–Crippen LogP) is 3.33. The quantitative estimate of drug-likeness (QED) is 0.865. The number of rotatable bonds is 3. The highest BCUT2D eigenvalue weighted by atomic mass is 16.5. The number of hydrogen-bond acceptors (Lipinski definition) is 3. The van der Waals surface area contributed by atoms with Gasteiger partial charge in [-0.25, -0.2) is 0 Å². The number of ether oxygens (including phenoxy) is 1. The Bertz CT molecular complexity index is 671. The molecule has 1 unspecified atom stereocenters. The standard InChI is InChI=1S/C20H24N2O/c1-23-19-9-10-20-17(13-19)7-8-18-15-21(11-12-22(18)20)14-16-5-3-2-4-6-16/h2-6,9-10,13,18H,7-8,11-12,14-15H2,1H3. The van der Waals surface area contributed by atoms with Crippen molar-refractivity contribution < 1.29 is 4.74 Å². The number of fused-ring (bicyclic) bond motifs is 3. The Morgan fingerprint density at radius 1 is 1.09 bits per heavy atom. The zero-order valence-electron chi connectivity index (χ0n) is 13.7. The molecule has 0 aromatic heterocycles. The number of benzene rings is 2. The third-order valence-electron chi connectivity index (χ3n) is 5.16. The van der Waals surface area contributed by atoms with Crippen molar-refractivity contribution in [3.05, 3.63) is 59.7 Å². The summed E-state index contributed by atoms with van der Waals surface area (Å²) in [6, 6.07) is 18.0. The molecule has 0 bridgehead atoms. The number of methoxy groups -OCH3 is 1. The molecule has 0 radical (unpaired) electrons. The third-order valence-corrected chi connectivity index (χ3v) is 5.16. The van der Waals surface area contributed by atoms with Gasteiger partial charge in [0.05, 0.1) is 7.11 Å². The molecule has 0 N–H and O–H groups in total. The molecule has 2 aliphatic rings. The fraction of sp³-hybridized carbons (Fsp3) is 0.400. The fourth-order valence-electron chi connectivity index (χ4n) is 3.96. The average molecular weight is 308 g/mol. The highest BCUT2D eigenvalue weighted by molar-refractivity contribution is 5.59. The van der Waals surface area contributed by atoms with Gasteiger partial charge < -0.3 is 9.64 Å². The van der Waals surface area contributed by atoms with E-state index in [-0.39, 0.29) is 0 Å². The van der Waals surface area contributed by atoms with Crippen LogP contribution in [0, 0.1) is 0 Å². The van der Waals surface area contributed by atoms with E-state index in [1.54, 1.807) is 7.11 Å². The average Bonchev–Trinajstić information content (AvgIpc) is 2.61. The molecule has 0 spiro atoms. The highest BCUT2D eigenvalue weighted by Gasteiger charge is 2.31. The van der Waals surface area contributed by atoms with E-state index >= 15 is 0 Å². The summed E-state index contributed by atoms with van der Waals surface area (Å²) in [5, 5.41) is 0. The number of piperazine rings is 1. The minimum absolute atomic E-state index is 0.647. The van der Waals surface area contributed by atoms with Gasteiger partial charge in [-0.2, -0.15) is 0 Å². The first kappa shape index (κ1) is 14.6. The van der Waals surface area contributed by atoms with Crippen molar-refractivity contribution in [2.75, 3.05) is 31.6 Å². The first-order valence-corrected chi connectivity index (χ1v) is 8.53. The molecule has 2 heterocycles. The van der Waals surface area contributed by atoms with Crippen LogP contribution in [0.3, 0.4) is 0 Å². The Labute approximate surface area is 138 Å². The number of aryl methyl sites for hydroxylation is 1. The lowest BCUT2D eigenvalue weighted by Crippen LogP contribution is -2.54. The maximum absolute atomic E-state index is 5.37. The van der Waals surface area contributed by atoms with Crippen LogP contribution in [0.5, 0.6) is 5.75 Å².